The molecule has 0 saturated carbocycles. The molecule has 0 fully saturated rings. The normalized spacial score (nSPS) is 9.05. The standard InChI is InChI=1S/C7H4ClNO4.C4H6O4/c8-6-3-4(9(12)13)1-2-5(6)7(10)11;1-3(5)8-2-4(6)7/h1-3H,(H,10,11);2H2,1H3,(H,6,7). The first-order valence-electron chi connectivity index (χ1n) is 5.17. The van der Waals surface area contributed by atoms with Crippen molar-refractivity contribution < 1.29 is 34.3 Å². The molecule has 0 aliphatic rings. The number of carboxylic acid groups (broad SMARTS) is 2. The monoisotopic (exact) mass is 319 g/mol. The minimum absolute atomic E-state index is 0.137. The number of ether oxygens (including phenoxy) is 1. The fraction of sp³-hybridized carbons (Fsp3) is 0.182. The number of non-ortho nitro benzene ring substituents is 1. The van der Waals surface area contributed by atoms with Gasteiger partial charge in [0.15, 0.2) is 6.61 Å². The summed E-state index contributed by atoms with van der Waals surface area (Å²) >= 11 is 5.48. The number of carbonyl (C=O) groups excluding carboxylic acids is 1. The number of aromatic carboxylic acids is 1. The van der Waals surface area contributed by atoms with Crippen LogP contribution in [0.5, 0.6) is 0 Å². The van der Waals surface area contributed by atoms with Crippen molar-refractivity contribution >= 4 is 35.2 Å². The first-order valence-corrected chi connectivity index (χ1v) is 5.55. The average molecular weight is 320 g/mol. The maximum absolute atomic E-state index is 10.4. The molecule has 21 heavy (non-hydrogen) atoms. The third kappa shape index (κ3) is 7.47. The molecule has 0 saturated heterocycles. The second-order valence-electron chi connectivity index (χ2n) is 3.40. The second kappa shape index (κ2) is 8.48. The van der Waals surface area contributed by atoms with E-state index in [1.165, 1.54) is 0 Å². The number of hydrogen-bond acceptors (Lipinski definition) is 6. The van der Waals surface area contributed by atoms with Gasteiger partial charge in [-0.25, -0.2) is 9.59 Å². The number of rotatable bonds is 4. The van der Waals surface area contributed by atoms with Gasteiger partial charge in [-0.3, -0.25) is 14.9 Å². The van der Waals surface area contributed by atoms with Gasteiger partial charge in [-0.05, 0) is 6.07 Å². The maximum Gasteiger partial charge on any atom is 0.341 e. The Morgan fingerprint density at radius 1 is 1.33 bits per heavy atom. The molecule has 0 aliphatic heterocycles. The third-order valence-electron chi connectivity index (χ3n) is 1.79. The van der Waals surface area contributed by atoms with Crippen LogP contribution in [0.4, 0.5) is 5.69 Å². The molecule has 0 radical (unpaired) electrons. The molecule has 0 aromatic heterocycles. The topological polar surface area (TPSA) is 144 Å². The molecule has 10 heteroatoms. The van der Waals surface area contributed by atoms with Crippen molar-refractivity contribution in [1.82, 2.24) is 0 Å². The summed E-state index contributed by atoms with van der Waals surface area (Å²) in [4.78, 5) is 39.5. The smallest absolute Gasteiger partial charge is 0.341 e. The summed E-state index contributed by atoms with van der Waals surface area (Å²) in [6.07, 6.45) is 0. The van der Waals surface area contributed by atoms with Gasteiger partial charge < -0.3 is 14.9 Å². The van der Waals surface area contributed by atoms with Crippen molar-refractivity contribution in [3.8, 4) is 0 Å². The molecule has 114 valence electrons. The maximum atomic E-state index is 10.4. The van der Waals surface area contributed by atoms with Crippen LogP contribution in [0.2, 0.25) is 5.02 Å². The Balaban J connectivity index is 0.000000433. The van der Waals surface area contributed by atoms with Gasteiger partial charge in [-0.1, -0.05) is 11.6 Å². The van der Waals surface area contributed by atoms with E-state index in [4.69, 9.17) is 21.8 Å². The fourth-order valence-electron chi connectivity index (χ4n) is 0.954. The highest BCUT2D eigenvalue weighted by Gasteiger charge is 2.13. The fourth-order valence-corrected chi connectivity index (χ4v) is 1.21. The predicted molar refractivity (Wildman–Crippen MR) is 69.3 cm³/mol. The number of nitrogens with zero attached hydrogens (tertiary/aromatic N) is 1. The number of carboxylic acids is 2. The second-order valence-corrected chi connectivity index (χ2v) is 3.81. The summed E-state index contributed by atoms with van der Waals surface area (Å²) < 4.78 is 4.06. The minimum atomic E-state index is -1.21. The number of halogens is 1. The van der Waals surface area contributed by atoms with Gasteiger partial charge in [0.25, 0.3) is 5.69 Å². The SMILES string of the molecule is CC(=O)OCC(=O)O.O=C(O)c1ccc([N+](=O)[O-])cc1Cl. The first kappa shape index (κ1) is 18.3. The average Bonchev–Trinajstić information content (AvgIpc) is 2.36. The summed E-state index contributed by atoms with van der Waals surface area (Å²) in [5.74, 6) is -2.92. The van der Waals surface area contributed by atoms with Gasteiger partial charge in [0.1, 0.15) is 0 Å². The first-order chi connectivity index (χ1) is 9.65. The summed E-state index contributed by atoms with van der Waals surface area (Å²) in [5.41, 5.74) is -0.373. The summed E-state index contributed by atoms with van der Waals surface area (Å²) in [6.45, 7) is 0.609. The number of hydrogen-bond donors (Lipinski definition) is 2. The van der Waals surface area contributed by atoms with E-state index in [1.807, 2.05) is 0 Å². The molecule has 0 aliphatic carbocycles. The summed E-state index contributed by atoms with van der Waals surface area (Å²) in [7, 11) is 0. The van der Waals surface area contributed by atoms with Crippen LogP contribution in [-0.2, 0) is 14.3 Å². The Morgan fingerprint density at radius 3 is 2.19 bits per heavy atom. The Morgan fingerprint density at radius 2 is 1.90 bits per heavy atom. The highest BCUT2D eigenvalue weighted by Crippen LogP contribution is 2.22. The lowest BCUT2D eigenvalue weighted by Crippen LogP contribution is -2.09. The molecule has 0 amide bonds. The van der Waals surface area contributed by atoms with Gasteiger partial charge >= 0.3 is 17.9 Å². The number of esters is 1. The van der Waals surface area contributed by atoms with E-state index in [1.54, 1.807) is 0 Å². The van der Waals surface area contributed by atoms with Crippen molar-refractivity contribution in [3.05, 3.63) is 38.9 Å². The van der Waals surface area contributed by atoms with E-state index in [-0.39, 0.29) is 16.3 Å². The molecule has 0 heterocycles. The van der Waals surface area contributed by atoms with Gasteiger partial charge in [0.05, 0.1) is 15.5 Å². The van der Waals surface area contributed by atoms with Crippen LogP contribution in [0, 0.1) is 10.1 Å². The molecular formula is C11H10ClNO8. The lowest BCUT2D eigenvalue weighted by molar-refractivity contribution is -0.384. The Hall–Kier alpha value is -2.68. The zero-order valence-electron chi connectivity index (χ0n) is 10.6. The van der Waals surface area contributed by atoms with Crippen LogP contribution in [-0.4, -0.2) is 39.7 Å². The highest BCUT2D eigenvalue weighted by molar-refractivity contribution is 6.33. The molecule has 1 rings (SSSR count). The van der Waals surface area contributed by atoms with E-state index >= 15 is 0 Å². The molecule has 0 spiro atoms. The highest BCUT2D eigenvalue weighted by atomic mass is 35.5. The number of carbonyl (C=O) groups is 3. The van der Waals surface area contributed by atoms with Gasteiger partial charge in [0, 0.05) is 19.1 Å². The van der Waals surface area contributed by atoms with Crippen LogP contribution in [0.15, 0.2) is 18.2 Å². The quantitative estimate of drug-likeness (QED) is 0.483. The lowest BCUT2D eigenvalue weighted by atomic mass is 10.2. The largest absolute Gasteiger partial charge is 0.479 e. The van der Waals surface area contributed by atoms with Gasteiger partial charge in [-0.15, -0.1) is 0 Å². The van der Waals surface area contributed by atoms with Crippen molar-refractivity contribution in [2.45, 2.75) is 6.92 Å². The van der Waals surface area contributed by atoms with Crippen LogP contribution >= 0.6 is 11.6 Å². The molecule has 1 aromatic carbocycles. The minimum Gasteiger partial charge on any atom is -0.479 e. The molecule has 1 aromatic rings. The zero-order chi connectivity index (χ0) is 16.6. The van der Waals surface area contributed by atoms with Crippen LogP contribution in [0.1, 0.15) is 17.3 Å². The third-order valence-corrected chi connectivity index (χ3v) is 2.11. The van der Waals surface area contributed by atoms with Crippen LogP contribution in [0.25, 0.3) is 0 Å². The Kier molecular flexibility index (Phi) is 7.40. The predicted octanol–water partition coefficient (Wildman–Crippen LogP) is 1.58. The molecule has 0 atom stereocenters. The molecule has 2 N–H and O–H groups in total. The number of nitro benzene ring substituents is 1. The van der Waals surface area contributed by atoms with E-state index in [9.17, 15) is 24.5 Å². The van der Waals surface area contributed by atoms with Crippen molar-refractivity contribution in [1.29, 1.82) is 0 Å². The van der Waals surface area contributed by atoms with E-state index in [0.29, 0.717) is 0 Å². The molecule has 0 bridgehead atoms. The van der Waals surface area contributed by atoms with E-state index in [2.05, 4.69) is 4.74 Å². The molecule has 9 nitrogen and oxygen atoms in total. The van der Waals surface area contributed by atoms with Crippen molar-refractivity contribution in [2.75, 3.05) is 6.61 Å². The summed E-state index contributed by atoms with van der Waals surface area (Å²) in [5, 5.41) is 26.5. The lowest BCUT2D eigenvalue weighted by Gasteiger charge is -1.97. The number of benzene rings is 1. The molecule has 0 unspecified atom stereocenters. The Bertz CT molecular complexity index is 557. The Labute approximate surface area is 122 Å². The van der Waals surface area contributed by atoms with Gasteiger partial charge in [0.2, 0.25) is 0 Å². The molecular weight excluding hydrogens is 310 g/mol. The van der Waals surface area contributed by atoms with Gasteiger partial charge in [-0.2, -0.15) is 0 Å². The van der Waals surface area contributed by atoms with Crippen molar-refractivity contribution in [2.24, 2.45) is 0 Å². The number of nitro groups is 1. The van der Waals surface area contributed by atoms with Crippen LogP contribution < -0.4 is 0 Å². The number of aliphatic carboxylic acids is 1. The van der Waals surface area contributed by atoms with E-state index in [0.717, 1.165) is 25.1 Å². The van der Waals surface area contributed by atoms with E-state index < -0.39 is 29.4 Å². The zero-order valence-corrected chi connectivity index (χ0v) is 11.4. The van der Waals surface area contributed by atoms with Crippen LogP contribution in [0.3, 0.4) is 0 Å². The summed E-state index contributed by atoms with van der Waals surface area (Å²) in [6, 6.07) is 3.20. The van der Waals surface area contributed by atoms with Crippen molar-refractivity contribution in [3.63, 3.8) is 0 Å².